The van der Waals surface area contributed by atoms with Crippen molar-refractivity contribution in [3.63, 3.8) is 0 Å². The third-order valence-corrected chi connectivity index (χ3v) is 4.74. The van der Waals surface area contributed by atoms with Gasteiger partial charge in [0.05, 0.1) is 6.61 Å². The highest BCUT2D eigenvalue weighted by Gasteiger charge is 2.50. The Morgan fingerprint density at radius 2 is 1.87 bits per heavy atom. The number of para-hydroxylation sites is 2. The third-order valence-electron chi connectivity index (χ3n) is 4.74. The Bertz CT molecular complexity index is 1060. The molecule has 0 amide bonds. The van der Waals surface area contributed by atoms with Crippen LogP contribution in [0.4, 0.5) is 0 Å². The van der Waals surface area contributed by atoms with E-state index in [-0.39, 0.29) is 0 Å². The van der Waals surface area contributed by atoms with Crippen LogP contribution in [0.2, 0.25) is 0 Å². The predicted molar refractivity (Wildman–Crippen MR) is 114 cm³/mol. The molecule has 2 aliphatic heterocycles. The Labute approximate surface area is 177 Å². The number of fused-ring (bicyclic) bond motifs is 1. The van der Waals surface area contributed by atoms with Crippen LogP contribution in [-0.2, 0) is 4.74 Å². The second-order valence-corrected chi connectivity index (χ2v) is 7.51. The van der Waals surface area contributed by atoms with Crippen molar-refractivity contribution < 1.29 is 18.5 Å². The number of benzene rings is 1. The van der Waals surface area contributed by atoms with Crippen LogP contribution >= 0.6 is 0 Å². The summed E-state index contributed by atoms with van der Waals surface area (Å²) in [5, 5.41) is 10.1. The Morgan fingerprint density at radius 3 is 2.53 bits per heavy atom. The summed E-state index contributed by atoms with van der Waals surface area (Å²) in [4.78, 5) is 1.90. The van der Waals surface area contributed by atoms with Crippen LogP contribution in [0.5, 0.6) is 11.5 Å². The number of likely N-dealkylation sites (N-methyl/N-ethyl adjacent to an activating group) is 1. The fourth-order valence-electron chi connectivity index (χ4n) is 3.34. The number of nitrogens with zero attached hydrogens (tertiary/aromatic N) is 3. The van der Waals surface area contributed by atoms with E-state index in [0.717, 1.165) is 0 Å². The molecule has 2 aliphatic rings. The maximum Gasteiger partial charge on any atom is 0.996 e. The van der Waals surface area contributed by atoms with Crippen LogP contribution in [0.25, 0.3) is 5.57 Å². The van der Waals surface area contributed by atoms with E-state index in [1.165, 1.54) is 0 Å². The molecule has 2 aromatic rings. The lowest BCUT2D eigenvalue weighted by atomic mass is 10.0. The summed E-state index contributed by atoms with van der Waals surface area (Å²) in [6.07, 6.45) is 7.55. The van der Waals surface area contributed by atoms with Gasteiger partial charge < -0.3 is 18.9 Å². The smallest absolute Gasteiger partial charge is 0.491 e. The van der Waals surface area contributed by atoms with Crippen molar-refractivity contribution in [2.45, 2.75) is 13.8 Å². The van der Waals surface area contributed by atoms with Crippen LogP contribution in [0.1, 0.15) is 19.5 Å². The van der Waals surface area contributed by atoms with E-state index in [9.17, 15) is 5.26 Å². The Balaban J connectivity index is 1.76. The molecule has 6 nitrogen and oxygen atoms in total. The van der Waals surface area contributed by atoms with E-state index < -0.39 is 7.25 Å². The highest BCUT2D eigenvalue weighted by Crippen LogP contribution is 2.33. The highest BCUT2D eigenvalue weighted by molar-refractivity contribution is 6.37. The van der Waals surface area contributed by atoms with Crippen molar-refractivity contribution in [3.8, 4) is 17.6 Å². The average molecular weight is 400 g/mol. The minimum absolute atomic E-state index is 0.370. The van der Waals surface area contributed by atoms with Gasteiger partial charge in [-0.25, -0.2) is 0 Å². The standard InChI is InChI=1S/C23H23BN3O3/c1-17(2)16-28-22-12-8-13-26(3)23(22)18(15-25)19-9-6-7-14-27(19)24-29-20-10-4-5-11-21(20)30-24/h4-14,17H,16H2,1-3H3/q+1. The molecule has 0 N–H and O–H groups in total. The number of aromatic nitrogens is 1. The van der Waals surface area contributed by atoms with Gasteiger partial charge in [0.15, 0.2) is 6.20 Å². The lowest BCUT2D eigenvalue weighted by molar-refractivity contribution is -0.560. The molecule has 0 fully saturated rings. The van der Waals surface area contributed by atoms with E-state index in [1.54, 1.807) is 0 Å². The summed E-state index contributed by atoms with van der Waals surface area (Å²) in [7, 11) is 1.21. The number of nitriles is 1. The van der Waals surface area contributed by atoms with Crippen LogP contribution in [0.15, 0.2) is 78.5 Å². The molecule has 0 atom stereocenters. The molecule has 0 radical (unpaired) electrons. The lowest BCUT2D eigenvalue weighted by Gasteiger charge is -2.25. The summed E-state index contributed by atoms with van der Waals surface area (Å²) in [5.74, 6) is 2.38. The molecule has 7 heteroatoms. The number of hydrogen-bond acceptors (Lipinski definition) is 5. The molecule has 3 heterocycles. The van der Waals surface area contributed by atoms with E-state index in [1.807, 2.05) is 83.4 Å². The van der Waals surface area contributed by atoms with Gasteiger partial charge in [-0.05, 0) is 42.3 Å². The summed E-state index contributed by atoms with van der Waals surface area (Å²) in [6.45, 7) is 4.75. The van der Waals surface area contributed by atoms with Gasteiger partial charge in [-0.2, -0.15) is 9.74 Å². The molecule has 1 aromatic heterocycles. The van der Waals surface area contributed by atoms with Gasteiger partial charge in [0.25, 0.3) is 0 Å². The van der Waals surface area contributed by atoms with Crippen LogP contribution in [0, 0.1) is 17.2 Å². The van der Waals surface area contributed by atoms with Crippen molar-refractivity contribution in [1.82, 2.24) is 4.90 Å². The molecule has 0 saturated heterocycles. The first kappa shape index (κ1) is 19.7. The fourth-order valence-corrected chi connectivity index (χ4v) is 3.34. The zero-order chi connectivity index (χ0) is 21.1. The molecule has 0 saturated carbocycles. The molecular formula is C23H23BN3O3+. The lowest BCUT2D eigenvalue weighted by Crippen LogP contribution is -2.59. The minimum atomic E-state index is -0.698. The highest BCUT2D eigenvalue weighted by atomic mass is 16.6. The van der Waals surface area contributed by atoms with Crippen molar-refractivity contribution in [3.05, 3.63) is 84.2 Å². The van der Waals surface area contributed by atoms with Crippen LogP contribution in [0.3, 0.4) is 0 Å². The van der Waals surface area contributed by atoms with Crippen LogP contribution in [-0.4, -0.2) is 25.8 Å². The zero-order valence-corrected chi connectivity index (χ0v) is 17.3. The molecule has 0 bridgehead atoms. The first-order chi connectivity index (χ1) is 14.6. The summed E-state index contributed by atoms with van der Waals surface area (Å²) in [5.41, 5.74) is 1.85. The van der Waals surface area contributed by atoms with Gasteiger partial charge in [0, 0.05) is 19.3 Å². The topological polar surface area (TPSA) is 58.6 Å². The van der Waals surface area contributed by atoms with E-state index in [0.29, 0.717) is 46.7 Å². The number of ether oxygens (including phenoxy) is 1. The summed E-state index contributed by atoms with van der Waals surface area (Å²) in [6, 6.07) is 15.6. The molecule has 150 valence electrons. The van der Waals surface area contributed by atoms with Crippen molar-refractivity contribution in [2.75, 3.05) is 13.7 Å². The largest absolute Gasteiger partial charge is 0.996 e. The van der Waals surface area contributed by atoms with Crippen LogP contribution < -0.4 is 13.8 Å². The molecule has 0 spiro atoms. The first-order valence-electron chi connectivity index (χ1n) is 9.90. The van der Waals surface area contributed by atoms with Crippen molar-refractivity contribution >= 4 is 12.8 Å². The minimum Gasteiger partial charge on any atom is -0.491 e. The average Bonchev–Trinajstić information content (AvgIpc) is 3.18. The maximum absolute atomic E-state index is 10.1. The SMILES string of the molecule is CC(C)COC1=CC=CN(C)/C1=C(/C#N)c1cccc[n+]1B1Oc2ccccc2O1. The second-order valence-electron chi connectivity index (χ2n) is 7.51. The molecule has 0 aliphatic carbocycles. The molecular weight excluding hydrogens is 377 g/mol. The molecule has 1 aromatic carbocycles. The van der Waals surface area contributed by atoms with E-state index in [4.69, 9.17) is 14.0 Å². The maximum atomic E-state index is 10.1. The predicted octanol–water partition coefficient (Wildman–Crippen LogP) is 3.53. The monoisotopic (exact) mass is 400 g/mol. The van der Waals surface area contributed by atoms with Crippen molar-refractivity contribution in [2.24, 2.45) is 5.92 Å². The van der Waals surface area contributed by atoms with Crippen molar-refractivity contribution in [1.29, 1.82) is 5.26 Å². The quantitative estimate of drug-likeness (QED) is 0.568. The second kappa shape index (κ2) is 8.38. The van der Waals surface area contributed by atoms with Gasteiger partial charge in [0.2, 0.25) is 5.69 Å². The van der Waals surface area contributed by atoms with Gasteiger partial charge in [-0.15, -0.1) is 0 Å². The number of rotatable bonds is 5. The van der Waals surface area contributed by atoms with Gasteiger partial charge in [-0.3, -0.25) is 0 Å². The number of hydrogen-bond donors (Lipinski definition) is 0. The van der Waals surface area contributed by atoms with Gasteiger partial charge in [-0.1, -0.05) is 26.0 Å². The van der Waals surface area contributed by atoms with E-state index >= 15 is 0 Å². The third kappa shape index (κ3) is 3.77. The fraction of sp³-hybridized carbons (Fsp3) is 0.217. The summed E-state index contributed by atoms with van der Waals surface area (Å²) < 4.78 is 19.8. The number of allylic oxidation sites excluding steroid dienone is 3. The molecule has 0 unspecified atom stereocenters. The zero-order valence-electron chi connectivity index (χ0n) is 17.3. The Kier molecular flexibility index (Phi) is 5.49. The number of pyridine rings is 1. The van der Waals surface area contributed by atoms with E-state index in [2.05, 4.69) is 19.9 Å². The Hall–Kier alpha value is -3.66. The van der Waals surface area contributed by atoms with Gasteiger partial charge >= 0.3 is 7.25 Å². The first-order valence-corrected chi connectivity index (χ1v) is 9.90. The Morgan fingerprint density at radius 1 is 1.17 bits per heavy atom. The molecule has 30 heavy (non-hydrogen) atoms. The normalized spacial score (nSPS) is 16.4. The summed E-state index contributed by atoms with van der Waals surface area (Å²) >= 11 is 0. The molecule has 4 rings (SSSR count). The van der Waals surface area contributed by atoms with Gasteiger partial charge in [0.1, 0.15) is 34.6 Å².